The Kier molecular flexibility index (Phi) is 3.26. The van der Waals surface area contributed by atoms with Crippen molar-refractivity contribution in [1.29, 1.82) is 0 Å². The first-order valence-corrected chi connectivity index (χ1v) is 4.91. The number of carbonyl (C=O) groups is 2. The van der Waals surface area contributed by atoms with Gasteiger partial charge in [0, 0.05) is 11.2 Å². The van der Waals surface area contributed by atoms with Crippen LogP contribution in [0.15, 0.2) is 0 Å². The van der Waals surface area contributed by atoms with Gasteiger partial charge < -0.3 is 4.74 Å². The van der Waals surface area contributed by atoms with Crippen LogP contribution in [-0.2, 0) is 14.3 Å². The van der Waals surface area contributed by atoms with Crippen molar-refractivity contribution in [3.05, 3.63) is 0 Å². The molecule has 68 valence electrons. The van der Waals surface area contributed by atoms with Crippen LogP contribution in [0, 0.1) is 5.92 Å². The van der Waals surface area contributed by atoms with E-state index in [1.54, 1.807) is 6.92 Å². The van der Waals surface area contributed by atoms with Gasteiger partial charge in [0.25, 0.3) is 0 Å². The van der Waals surface area contributed by atoms with E-state index in [1.807, 2.05) is 0 Å². The molecule has 0 aromatic heterocycles. The molecule has 2 unspecified atom stereocenters. The van der Waals surface area contributed by atoms with Gasteiger partial charge in [0.05, 0.1) is 6.61 Å². The third kappa shape index (κ3) is 1.86. The lowest BCUT2D eigenvalue weighted by molar-refractivity contribution is -0.150. The standard InChI is InChI=1S/C8H11BrO3/c1-2-12-8(11)7-5(9)3-4-6(7)10/h5,7H,2-4H2,1H3. The fourth-order valence-corrected chi connectivity index (χ4v) is 2.05. The Morgan fingerprint density at radius 2 is 2.42 bits per heavy atom. The zero-order chi connectivity index (χ0) is 9.14. The van der Waals surface area contributed by atoms with Crippen LogP contribution in [-0.4, -0.2) is 23.2 Å². The van der Waals surface area contributed by atoms with Crippen molar-refractivity contribution in [2.45, 2.75) is 24.6 Å². The Morgan fingerprint density at radius 1 is 1.75 bits per heavy atom. The van der Waals surface area contributed by atoms with Gasteiger partial charge in [0.2, 0.25) is 0 Å². The number of halogens is 1. The zero-order valence-corrected chi connectivity index (χ0v) is 8.46. The number of esters is 1. The van der Waals surface area contributed by atoms with E-state index in [0.717, 1.165) is 6.42 Å². The van der Waals surface area contributed by atoms with Crippen molar-refractivity contribution >= 4 is 27.7 Å². The molecule has 0 aromatic rings. The van der Waals surface area contributed by atoms with E-state index in [1.165, 1.54) is 0 Å². The number of rotatable bonds is 2. The van der Waals surface area contributed by atoms with Gasteiger partial charge in [0.15, 0.2) is 0 Å². The number of hydrogen-bond donors (Lipinski definition) is 0. The second kappa shape index (κ2) is 4.03. The number of hydrogen-bond acceptors (Lipinski definition) is 3. The Morgan fingerprint density at radius 3 is 2.83 bits per heavy atom. The first-order valence-electron chi connectivity index (χ1n) is 4.00. The van der Waals surface area contributed by atoms with E-state index >= 15 is 0 Å². The fraction of sp³-hybridized carbons (Fsp3) is 0.750. The summed E-state index contributed by atoms with van der Waals surface area (Å²) in [5.74, 6) is -0.956. The smallest absolute Gasteiger partial charge is 0.317 e. The van der Waals surface area contributed by atoms with Crippen LogP contribution >= 0.6 is 15.9 Å². The minimum absolute atomic E-state index is 0.00433. The molecule has 1 saturated carbocycles. The molecule has 0 aliphatic heterocycles. The third-order valence-corrected chi connectivity index (χ3v) is 2.90. The van der Waals surface area contributed by atoms with E-state index in [0.29, 0.717) is 13.0 Å². The van der Waals surface area contributed by atoms with Crippen molar-refractivity contribution in [3.8, 4) is 0 Å². The van der Waals surface area contributed by atoms with Crippen LogP contribution in [0.5, 0.6) is 0 Å². The molecule has 0 saturated heterocycles. The summed E-state index contributed by atoms with van der Waals surface area (Å²) in [5, 5.41) is 0. The van der Waals surface area contributed by atoms with Crippen LogP contribution in [0.1, 0.15) is 19.8 Å². The molecule has 3 nitrogen and oxygen atoms in total. The van der Waals surface area contributed by atoms with Crippen molar-refractivity contribution in [2.75, 3.05) is 6.61 Å². The third-order valence-electron chi connectivity index (χ3n) is 1.92. The van der Waals surface area contributed by atoms with Gasteiger partial charge in [-0.3, -0.25) is 9.59 Å². The van der Waals surface area contributed by atoms with Gasteiger partial charge in [-0.1, -0.05) is 15.9 Å². The Balaban J connectivity index is 2.59. The minimum Gasteiger partial charge on any atom is -0.465 e. The number of ether oxygens (including phenoxy) is 1. The van der Waals surface area contributed by atoms with Crippen molar-refractivity contribution in [3.63, 3.8) is 0 Å². The maximum Gasteiger partial charge on any atom is 0.317 e. The van der Waals surface area contributed by atoms with Crippen molar-refractivity contribution in [1.82, 2.24) is 0 Å². The molecule has 0 amide bonds. The molecule has 2 atom stereocenters. The minimum atomic E-state index is -0.565. The quantitative estimate of drug-likeness (QED) is 0.411. The van der Waals surface area contributed by atoms with Crippen LogP contribution in [0.2, 0.25) is 0 Å². The summed E-state index contributed by atoms with van der Waals surface area (Å²) in [6.45, 7) is 2.07. The average Bonchev–Trinajstić information content (AvgIpc) is 2.32. The van der Waals surface area contributed by atoms with Crippen LogP contribution in [0.3, 0.4) is 0 Å². The molecule has 1 aliphatic carbocycles. The van der Waals surface area contributed by atoms with Gasteiger partial charge in [-0.25, -0.2) is 0 Å². The van der Waals surface area contributed by atoms with E-state index < -0.39 is 5.92 Å². The highest BCUT2D eigenvalue weighted by atomic mass is 79.9. The number of ketones is 1. The zero-order valence-electron chi connectivity index (χ0n) is 6.88. The molecule has 12 heavy (non-hydrogen) atoms. The van der Waals surface area contributed by atoms with Crippen LogP contribution < -0.4 is 0 Å². The predicted octanol–water partition coefficient (Wildman–Crippen LogP) is 1.29. The molecule has 0 spiro atoms. The lowest BCUT2D eigenvalue weighted by Crippen LogP contribution is -2.27. The first-order chi connectivity index (χ1) is 5.66. The molecule has 0 heterocycles. The van der Waals surface area contributed by atoms with Crippen molar-refractivity contribution < 1.29 is 14.3 Å². The number of alkyl halides is 1. The molecule has 0 aromatic carbocycles. The van der Waals surface area contributed by atoms with E-state index in [9.17, 15) is 9.59 Å². The molecule has 0 N–H and O–H groups in total. The summed E-state index contributed by atoms with van der Waals surface area (Å²) in [4.78, 5) is 22.3. The number of Topliss-reactive ketones (excluding diaryl/α,β-unsaturated/α-hetero) is 1. The molecule has 4 heteroatoms. The monoisotopic (exact) mass is 234 g/mol. The lowest BCUT2D eigenvalue weighted by atomic mass is 10.1. The number of carbonyl (C=O) groups excluding carboxylic acids is 2. The molecule has 0 bridgehead atoms. The highest BCUT2D eigenvalue weighted by Gasteiger charge is 2.39. The summed E-state index contributed by atoms with van der Waals surface area (Å²) in [6, 6.07) is 0. The summed E-state index contributed by atoms with van der Waals surface area (Å²) in [7, 11) is 0. The highest BCUT2D eigenvalue weighted by Crippen LogP contribution is 2.29. The van der Waals surface area contributed by atoms with Crippen LogP contribution in [0.4, 0.5) is 0 Å². The van der Waals surface area contributed by atoms with Crippen molar-refractivity contribution in [2.24, 2.45) is 5.92 Å². The molecular weight excluding hydrogens is 224 g/mol. The summed E-state index contributed by atoms with van der Waals surface area (Å²) in [6.07, 6.45) is 1.22. The average molecular weight is 235 g/mol. The lowest BCUT2D eigenvalue weighted by Gasteiger charge is -2.10. The van der Waals surface area contributed by atoms with Gasteiger partial charge >= 0.3 is 5.97 Å². The Labute approximate surface area is 79.6 Å². The van der Waals surface area contributed by atoms with Gasteiger partial charge in [0.1, 0.15) is 11.7 Å². The first kappa shape index (κ1) is 9.71. The van der Waals surface area contributed by atoms with Crippen LogP contribution in [0.25, 0.3) is 0 Å². The van der Waals surface area contributed by atoms with E-state index in [2.05, 4.69) is 15.9 Å². The summed E-state index contributed by atoms with van der Waals surface area (Å²) in [5.41, 5.74) is 0. The largest absolute Gasteiger partial charge is 0.465 e. The normalized spacial score (nSPS) is 29.0. The highest BCUT2D eigenvalue weighted by molar-refractivity contribution is 9.09. The fourth-order valence-electron chi connectivity index (χ4n) is 1.32. The Hall–Kier alpha value is -0.380. The predicted molar refractivity (Wildman–Crippen MR) is 47.1 cm³/mol. The van der Waals surface area contributed by atoms with E-state index in [4.69, 9.17) is 4.74 Å². The Bertz CT molecular complexity index is 202. The second-order valence-corrected chi connectivity index (χ2v) is 3.93. The molecule has 0 radical (unpaired) electrons. The van der Waals surface area contributed by atoms with Gasteiger partial charge in [-0.05, 0) is 13.3 Å². The maximum atomic E-state index is 11.2. The maximum absolute atomic E-state index is 11.2. The van der Waals surface area contributed by atoms with Gasteiger partial charge in [-0.2, -0.15) is 0 Å². The molecule has 1 rings (SSSR count). The SMILES string of the molecule is CCOC(=O)C1C(=O)CCC1Br. The molecule has 1 fully saturated rings. The second-order valence-electron chi connectivity index (χ2n) is 2.75. The molecule has 1 aliphatic rings. The topological polar surface area (TPSA) is 43.4 Å². The van der Waals surface area contributed by atoms with Gasteiger partial charge in [-0.15, -0.1) is 0 Å². The summed E-state index contributed by atoms with van der Waals surface area (Å²) >= 11 is 3.29. The van der Waals surface area contributed by atoms with E-state index in [-0.39, 0.29) is 16.6 Å². The molecular formula is C8H11BrO3. The summed E-state index contributed by atoms with van der Waals surface area (Å²) < 4.78 is 4.78.